The van der Waals surface area contributed by atoms with Crippen molar-refractivity contribution in [2.45, 2.75) is 14.9 Å². The van der Waals surface area contributed by atoms with E-state index in [0.29, 0.717) is 0 Å². The lowest BCUT2D eigenvalue weighted by Crippen LogP contribution is -1.90. The Balaban J connectivity index is 1.67. The molecule has 0 amide bonds. The molecule has 0 aliphatic heterocycles. The van der Waals surface area contributed by atoms with Gasteiger partial charge in [0.15, 0.2) is 0 Å². The third kappa shape index (κ3) is 3.79. The number of pyridine rings is 3. The summed E-state index contributed by atoms with van der Waals surface area (Å²) >= 11 is 6.09. The van der Waals surface area contributed by atoms with E-state index in [2.05, 4.69) is 22.6 Å². The maximum Gasteiger partial charge on any atom is 0.103 e. The summed E-state index contributed by atoms with van der Waals surface area (Å²) in [5.74, 6) is 0. The van der Waals surface area contributed by atoms with Crippen molar-refractivity contribution < 1.29 is 0 Å². The average molecular weight is 374 g/mol. The molecular weight excluding hydrogens is 358 g/mol. The van der Waals surface area contributed by atoms with E-state index in [1.165, 1.54) is 0 Å². The van der Waals surface area contributed by atoms with Gasteiger partial charge in [-0.3, -0.25) is 4.98 Å². The van der Waals surface area contributed by atoms with Crippen LogP contribution < -0.4 is 0 Å². The number of aromatic nitrogens is 3. The lowest BCUT2D eigenvalue weighted by Gasteiger charge is -2.08. The zero-order chi connectivity index (χ0) is 17.8. The summed E-state index contributed by atoms with van der Waals surface area (Å²) in [5, 5.41) is 1.84. The van der Waals surface area contributed by atoms with Crippen molar-refractivity contribution in [3.05, 3.63) is 85.2 Å². The van der Waals surface area contributed by atoms with Gasteiger partial charge in [0.2, 0.25) is 0 Å². The van der Waals surface area contributed by atoms with Gasteiger partial charge in [-0.05, 0) is 42.5 Å². The predicted octanol–water partition coefficient (Wildman–Crippen LogP) is 5.65. The SMILES string of the molecule is Sc1ccccc1-c1cc(-c2cccc(Sc3ccccn3)n2)ccn1. The normalized spacial score (nSPS) is 10.7. The molecule has 0 bridgehead atoms. The fourth-order valence-corrected chi connectivity index (χ4v) is 3.61. The van der Waals surface area contributed by atoms with Crippen molar-refractivity contribution in [2.24, 2.45) is 0 Å². The van der Waals surface area contributed by atoms with Crippen LogP contribution in [-0.2, 0) is 0 Å². The van der Waals surface area contributed by atoms with Crippen LogP contribution in [0.25, 0.3) is 22.5 Å². The van der Waals surface area contributed by atoms with Crippen molar-refractivity contribution in [1.29, 1.82) is 0 Å². The predicted molar refractivity (Wildman–Crippen MR) is 109 cm³/mol. The first-order valence-electron chi connectivity index (χ1n) is 8.10. The Morgan fingerprint density at radius 1 is 0.692 bits per heavy atom. The van der Waals surface area contributed by atoms with Crippen LogP contribution in [-0.4, -0.2) is 15.0 Å². The zero-order valence-corrected chi connectivity index (χ0v) is 15.5. The smallest absolute Gasteiger partial charge is 0.103 e. The van der Waals surface area contributed by atoms with E-state index < -0.39 is 0 Å². The Morgan fingerprint density at radius 2 is 1.54 bits per heavy atom. The van der Waals surface area contributed by atoms with Crippen LogP contribution >= 0.6 is 24.4 Å². The Bertz CT molecular complexity index is 1040. The fourth-order valence-electron chi connectivity index (χ4n) is 2.57. The van der Waals surface area contributed by atoms with E-state index in [1.807, 2.05) is 79.0 Å². The van der Waals surface area contributed by atoms with E-state index >= 15 is 0 Å². The minimum atomic E-state index is 0.887. The molecule has 126 valence electrons. The molecule has 3 aromatic heterocycles. The van der Waals surface area contributed by atoms with Crippen LogP contribution in [0.15, 0.2) is 100 Å². The number of hydrogen-bond acceptors (Lipinski definition) is 5. The Kier molecular flexibility index (Phi) is 5.00. The first kappa shape index (κ1) is 16.8. The number of thiol groups is 1. The molecule has 4 rings (SSSR count). The summed E-state index contributed by atoms with van der Waals surface area (Å²) < 4.78 is 0. The van der Waals surface area contributed by atoms with Gasteiger partial charge >= 0.3 is 0 Å². The molecule has 0 N–H and O–H groups in total. The zero-order valence-electron chi connectivity index (χ0n) is 13.8. The maximum absolute atomic E-state index is 4.77. The van der Waals surface area contributed by atoms with E-state index in [4.69, 9.17) is 4.98 Å². The van der Waals surface area contributed by atoms with Crippen molar-refractivity contribution in [2.75, 3.05) is 0 Å². The van der Waals surface area contributed by atoms with Gasteiger partial charge in [-0.15, -0.1) is 12.6 Å². The highest BCUT2D eigenvalue weighted by Gasteiger charge is 2.08. The molecule has 0 spiro atoms. The molecule has 3 heterocycles. The maximum atomic E-state index is 4.77. The van der Waals surface area contributed by atoms with Crippen molar-refractivity contribution in [3.63, 3.8) is 0 Å². The third-order valence-corrected chi connectivity index (χ3v) is 5.08. The van der Waals surface area contributed by atoms with Crippen molar-refractivity contribution in [3.8, 4) is 22.5 Å². The number of rotatable bonds is 4. The number of nitrogens with zero attached hydrogens (tertiary/aromatic N) is 3. The second-order valence-electron chi connectivity index (χ2n) is 5.58. The quantitative estimate of drug-likeness (QED) is 0.470. The third-order valence-electron chi connectivity index (χ3n) is 3.81. The molecule has 0 saturated heterocycles. The molecule has 0 atom stereocenters. The van der Waals surface area contributed by atoms with E-state index in [0.717, 1.165) is 37.5 Å². The lowest BCUT2D eigenvalue weighted by molar-refractivity contribution is 1.10. The van der Waals surface area contributed by atoms with Crippen LogP contribution in [0, 0.1) is 0 Å². The summed E-state index contributed by atoms with van der Waals surface area (Å²) in [6.45, 7) is 0. The molecule has 4 aromatic rings. The van der Waals surface area contributed by atoms with E-state index in [9.17, 15) is 0 Å². The molecule has 0 radical (unpaired) electrons. The van der Waals surface area contributed by atoms with Crippen LogP contribution in [0.3, 0.4) is 0 Å². The highest BCUT2D eigenvalue weighted by Crippen LogP contribution is 2.30. The van der Waals surface area contributed by atoms with Gasteiger partial charge in [0, 0.05) is 28.4 Å². The summed E-state index contributed by atoms with van der Waals surface area (Å²) in [7, 11) is 0. The second kappa shape index (κ2) is 7.72. The van der Waals surface area contributed by atoms with Crippen molar-refractivity contribution >= 4 is 24.4 Å². The first-order chi connectivity index (χ1) is 12.8. The molecule has 0 aliphatic rings. The molecule has 3 nitrogen and oxygen atoms in total. The van der Waals surface area contributed by atoms with Gasteiger partial charge in [0.25, 0.3) is 0 Å². The lowest BCUT2D eigenvalue weighted by atomic mass is 10.1. The minimum Gasteiger partial charge on any atom is -0.256 e. The summed E-state index contributed by atoms with van der Waals surface area (Å²) in [6, 6.07) is 23.9. The molecule has 0 saturated carbocycles. The molecule has 0 fully saturated rings. The van der Waals surface area contributed by atoms with Crippen LogP contribution in [0.2, 0.25) is 0 Å². The first-order valence-corrected chi connectivity index (χ1v) is 9.37. The molecular formula is C21H15N3S2. The standard InChI is InChI=1S/C21H15N3S2/c25-19-8-2-1-6-16(19)18-14-15(11-13-22-18)17-7-5-10-21(24-17)26-20-9-3-4-12-23-20/h1-14,25H. The average Bonchev–Trinajstić information content (AvgIpc) is 2.69. The fraction of sp³-hybridized carbons (Fsp3) is 0. The van der Waals surface area contributed by atoms with E-state index in [1.54, 1.807) is 18.0 Å². The Morgan fingerprint density at radius 3 is 2.38 bits per heavy atom. The molecule has 0 aliphatic carbocycles. The molecule has 1 aromatic carbocycles. The van der Waals surface area contributed by atoms with Gasteiger partial charge in [-0.25, -0.2) is 9.97 Å². The highest BCUT2D eigenvalue weighted by molar-refractivity contribution is 7.99. The topological polar surface area (TPSA) is 38.7 Å². The van der Waals surface area contributed by atoms with Gasteiger partial charge < -0.3 is 0 Å². The summed E-state index contributed by atoms with van der Waals surface area (Å²) in [5.41, 5.74) is 3.83. The molecule has 5 heteroatoms. The highest BCUT2D eigenvalue weighted by atomic mass is 32.2. The Hall–Kier alpha value is -2.63. The number of benzene rings is 1. The number of hydrogen-bond donors (Lipinski definition) is 1. The minimum absolute atomic E-state index is 0.887. The largest absolute Gasteiger partial charge is 0.256 e. The van der Waals surface area contributed by atoms with Crippen LogP contribution in [0.4, 0.5) is 0 Å². The van der Waals surface area contributed by atoms with Crippen LogP contribution in [0.5, 0.6) is 0 Å². The van der Waals surface area contributed by atoms with Gasteiger partial charge in [0.1, 0.15) is 10.1 Å². The summed E-state index contributed by atoms with van der Waals surface area (Å²) in [6.07, 6.45) is 3.60. The van der Waals surface area contributed by atoms with Gasteiger partial charge in [-0.1, -0.05) is 42.1 Å². The van der Waals surface area contributed by atoms with Crippen LogP contribution in [0.1, 0.15) is 0 Å². The molecule has 26 heavy (non-hydrogen) atoms. The monoisotopic (exact) mass is 373 g/mol. The van der Waals surface area contributed by atoms with Gasteiger partial charge in [-0.2, -0.15) is 0 Å². The van der Waals surface area contributed by atoms with Crippen molar-refractivity contribution in [1.82, 2.24) is 15.0 Å². The summed E-state index contributed by atoms with van der Waals surface area (Å²) in [4.78, 5) is 14.5. The van der Waals surface area contributed by atoms with Gasteiger partial charge in [0.05, 0.1) is 11.4 Å². The second-order valence-corrected chi connectivity index (χ2v) is 7.10. The van der Waals surface area contributed by atoms with E-state index in [-0.39, 0.29) is 0 Å². The molecule has 0 unspecified atom stereocenters. The Labute approximate surface area is 162 Å².